The first kappa shape index (κ1) is 12.2. The molecule has 5 nitrogen and oxygen atoms in total. The van der Waals surface area contributed by atoms with Crippen molar-refractivity contribution in [3.63, 3.8) is 0 Å². The molecule has 0 bridgehead atoms. The maximum atomic E-state index is 11.2. The van der Waals surface area contributed by atoms with Crippen LogP contribution in [0.25, 0.3) is 0 Å². The van der Waals surface area contributed by atoms with Crippen LogP contribution in [0.1, 0.15) is 17.3 Å². The highest BCUT2D eigenvalue weighted by Crippen LogP contribution is 2.11. The van der Waals surface area contributed by atoms with Crippen molar-refractivity contribution < 1.29 is 13.2 Å². The number of hydrogen-bond donors (Lipinski definition) is 1. The zero-order valence-electron chi connectivity index (χ0n) is 8.60. The van der Waals surface area contributed by atoms with Gasteiger partial charge in [-0.05, 0) is 31.2 Å². The molecule has 84 valence electrons. The van der Waals surface area contributed by atoms with E-state index in [1.807, 2.05) is 0 Å². The molecule has 0 saturated carbocycles. The van der Waals surface area contributed by atoms with E-state index in [2.05, 4.69) is 4.72 Å². The molecular formula is C10H10N2O3S. The number of hydrogen-bond acceptors (Lipinski definition) is 4. The number of sulfonamides is 1. The summed E-state index contributed by atoms with van der Waals surface area (Å²) in [5, 5.41) is 8.28. The van der Waals surface area contributed by atoms with Crippen LogP contribution in [0, 0.1) is 11.3 Å². The maximum absolute atomic E-state index is 11.2. The number of ketones is 1. The third kappa shape index (κ3) is 3.37. The minimum atomic E-state index is -3.61. The fourth-order valence-corrected chi connectivity index (χ4v) is 1.81. The molecule has 1 rings (SSSR count). The summed E-state index contributed by atoms with van der Waals surface area (Å²) < 4.78 is 24.7. The second-order valence-corrected chi connectivity index (χ2v) is 4.88. The highest BCUT2D eigenvalue weighted by atomic mass is 32.2. The lowest BCUT2D eigenvalue weighted by Gasteiger charge is -2.05. The predicted molar refractivity (Wildman–Crippen MR) is 59.5 cm³/mol. The Morgan fingerprint density at radius 2 is 1.94 bits per heavy atom. The third-order valence-corrected chi connectivity index (χ3v) is 2.88. The number of rotatable bonds is 4. The molecule has 0 aromatic heterocycles. The molecular weight excluding hydrogens is 228 g/mol. The van der Waals surface area contributed by atoms with Crippen LogP contribution in [0.2, 0.25) is 0 Å². The Balaban J connectivity index is 2.85. The summed E-state index contributed by atoms with van der Waals surface area (Å²) in [4.78, 5) is 11.0. The predicted octanol–water partition coefficient (Wildman–Crippen LogP) is 1.15. The number of nitriles is 1. The van der Waals surface area contributed by atoms with E-state index in [1.54, 1.807) is 6.07 Å². The third-order valence-electron chi connectivity index (χ3n) is 1.82. The van der Waals surface area contributed by atoms with Gasteiger partial charge in [0, 0.05) is 11.3 Å². The highest BCUT2D eigenvalue weighted by molar-refractivity contribution is 7.92. The van der Waals surface area contributed by atoms with Gasteiger partial charge in [0.25, 0.3) is 0 Å². The van der Waals surface area contributed by atoms with Gasteiger partial charge in [0.15, 0.2) is 11.5 Å². The second-order valence-electron chi connectivity index (χ2n) is 3.15. The Labute approximate surface area is 93.8 Å². The van der Waals surface area contributed by atoms with Crippen molar-refractivity contribution in [1.82, 2.24) is 0 Å². The van der Waals surface area contributed by atoms with Crippen molar-refractivity contribution in [1.29, 1.82) is 5.26 Å². The lowest BCUT2D eigenvalue weighted by Crippen LogP contribution is -2.15. The highest BCUT2D eigenvalue weighted by Gasteiger charge is 2.09. The Morgan fingerprint density at radius 3 is 2.38 bits per heavy atom. The van der Waals surface area contributed by atoms with Crippen LogP contribution in [0.5, 0.6) is 0 Å². The van der Waals surface area contributed by atoms with Gasteiger partial charge in [0.1, 0.15) is 0 Å². The van der Waals surface area contributed by atoms with Crippen LogP contribution in [0.4, 0.5) is 5.69 Å². The fourth-order valence-electron chi connectivity index (χ4n) is 1.07. The monoisotopic (exact) mass is 238 g/mol. The van der Waals surface area contributed by atoms with E-state index in [0.717, 1.165) is 0 Å². The van der Waals surface area contributed by atoms with Gasteiger partial charge in [0.2, 0.25) is 10.0 Å². The molecule has 0 unspecified atom stereocenters. The molecule has 6 heteroatoms. The molecule has 0 amide bonds. The minimum absolute atomic E-state index is 0.0913. The van der Waals surface area contributed by atoms with Crippen LogP contribution in [0.3, 0.4) is 0 Å². The standard InChI is InChI=1S/C10H10N2O3S/c1-8(13)9-2-4-10(5-3-9)12-16(14,15)7-6-11/h2-5,12H,7H2,1H3. The maximum Gasteiger partial charge on any atom is 0.246 e. The topological polar surface area (TPSA) is 87.0 Å². The summed E-state index contributed by atoms with van der Waals surface area (Å²) in [6.45, 7) is 1.43. The van der Waals surface area contributed by atoms with Crippen molar-refractivity contribution in [2.45, 2.75) is 6.92 Å². The van der Waals surface area contributed by atoms with E-state index < -0.39 is 15.8 Å². The molecule has 0 aliphatic heterocycles. The molecule has 0 aliphatic carbocycles. The van der Waals surface area contributed by atoms with E-state index in [4.69, 9.17) is 5.26 Å². The number of nitrogens with zero attached hydrogens (tertiary/aromatic N) is 1. The summed E-state index contributed by atoms with van der Waals surface area (Å²) in [7, 11) is -3.61. The van der Waals surface area contributed by atoms with Crippen molar-refractivity contribution >= 4 is 21.5 Å². The van der Waals surface area contributed by atoms with Crippen LogP contribution in [0.15, 0.2) is 24.3 Å². The minimum Gasteiger partial charge on any atom is -0.295 e. The van der Waals surface area contributed by atoms with Crippen LogP contribution < -0.4 is 4.72 Å². The summed E-state index contributed by atoms with van der Waals surface area (Å²) in [5.74, 6) is -0.687. The SMILES string of the molecule is CC(=O)c1ccc(NS(=O)(=O)CC#N)cc1. The lowest BCUT2D eigenvalue weighted by atomic mass is 10.1. The smallest absolute Gasteiger partial charge is 0.246 e. The van der Waals surface area contributed by atoms with Crippen molar-refractivity contribution in [3.05, 3.63) is 29.8 Å². The summed E-state index contributed by atoms with van der Waals surface area (Å²) >= 11 is 0. The largest absolute Gasteiger partial charge is 0.295 e. The molecule has 0 fully saturated rings. The van der Waals surface area contributed by atoms with Crippen LogP contribution in [-0.4, -0.2) is 20.0 Å². The van der Waals surface area contributed by atoms with Crippen molar-refractivity contribution in [2.24, 2.45) is 0 Å². The number of anilines is 1. The summed E-state index contributed by atoms with van der Waals surface area (Å²) in [6, 6.07) is 7.55. The number of carbonyl (C=O) groups excluding carboxylic acids is 1. The Bertz CT molecular complexity index is 526. The zero-order chi connectivity index (χ0) is 12.2. The number of carbonyl (C=O) groups is 1. The molecule has 16 heavy (non-hydrogen) atoms. The lowest BCUT2D eigenvalue weighted by molar-refractivity contribution is 0.101. The van der Waals surface area contributed by atoms with E-state index in [0.29, 0.717) is 11.3 Å². The average Bonchev–Trinajstić information content (AvgIpc) is 2.17. The van der Waals surface area contributed by atoms with Gasteiger partial charge < -0.3 is 0 Å². The summed E-state index contributed by atoms with van der Waals surface area (Å²) in [5.41, 5.74) is 0.837. The number of nitrogens with one attached hydrogen (secondary N) is 1. The first-order valence-electron chi connectivity index (χ1n) is 4.43. The number of benzene rings is 1. The molecule has 0 spiro atoms. The van der Waals surface area contributed by atoms with E-state index in [-0.39, 0.29) is 5.78 Å². The van der Waals surface area contributed by atoms with Gasteiger partial charge in [-0.2, -0.15) is 5.26 Å². The fraction of sp³-hybridized carbons (Fsp3) is 0.200. The average molecular weight is 238 g/mol. The molecule has 0 saturated heterocycles. The van der Waals surface area contributed by atoms with Crippen molar-refractivity contribution in [2.75, 3.05) is 10.5 Å². The van der Waals surface area contributed by atoms with E-state index >= 15 is 0 Å². The Hall–Kier alpha value is -1.87. The quantitative estimate of drug-likeness (QED) is 0.797. The molecule has 0 atom stereocenters. The Kier molecular flexibility index (Phi) is 3.64. The van der Waals surface area contributed by atoms with Gasteiger partial charge >= 0.3 is 0 Å². The summed E-state index contributed by atoms with van der Waals surface area (Å²) in [6.07, 6.45) is 0. The first-order valence-corrected chi connectivity index (χ1v) is 6.08. The van der Waals surface area contributed by atoms with Crippen molar-refractivity contribution in [3.8, 4) is 6.07 Å². The molecule has 1 N–H and O–H groups in total. The van der Waals surface area contributed by atoms with E-state index in [1.165, 1.54) is 31.2 Å². The normalized spacial score (nSPS) is 10.5. The molecule has 0 heterocycles. The van der Waals surface area contributed by atoms with Gasteiger partial charge in [-0.25, -0.2) is 8.42 Å². The van der Waals surface area contributed by atoms with Gasteiger partial charge in [-0.3, -0.25) is 9.52 Å². The number of Topliss-reactive ketones (excluding diaryl/α,β-unsaturated/α-hetero) is 1. The first-order chi connectivity index (χ1) is 7.44. The second kappa shape index (κ2) is 4.77. The molecule has 0 radical (unpaired) electrons. The molecule has 1 aromatic rings. The molecule has 0 aliphatic rings. The van der Waals surface area contributed by atoms with Crippen LogP contribution in [-0.2, 0) is 10.0 Å². The Morgan fingerprint density at radius 1 is 1.38 bits per heavy atom. The molecule has 1 aromatic carbocycles. The van der Waals surface area contributed by atoms with Gasteiger partial charge in [0.05, 0.1) is 6.07 Å². The van der Waals surface area contributed by atoms with E-state index in [9.17, 15) is 13.2 Å². The van der Waals surface area contributed by atoms with Crippen LogP contribution >= 0.6 is 0 Å². The zero-order valence-corrected chi connectivity index (χ0v) is 9.41. The van der Waals surface area contributed by atoms with Gasteiger partial charge in [-0.1, -0.05) is 0 Å². The van der Waals surface area contributed by atoms with Gasteiger partial charge in [-0.15, -0.1) is 0 Å².